The molecule has 3 heterocycles. The number of anilines is 1. The van der Waals surface area contributed by atoms with Gasteiger partial charge in [-0.1, -0.05) is 6.08 Å². The monoisotopic (exact) mass is 299 g/mol. The van der Waals surface area contributed by atoms with Crippen molar-refractivity contribution < 1.29 is 4.79 Å². The molecule has 0 saturated carbocycles. The zero-order chi connectivity index (χ0) is 14.7. The molecule has 0 unspecified atom stereocenters. The topological polar surface area (TPSA) is 83.6 Å². The number of rotatable bonds is 5. The SMILES string of the molecule is C=CCCC(=O)Nc1nc(-c2ncnc3[nH]ccc23)cs1. The van der Waals surface area contributed by atoms with E-state index in [1.165, 1.54) is 17.7 Å². The van der Waals surface area contributed by atoms with E-state index in [9.17, 15) is 4.79 Å². The van der Waals surface area contributed by atoms with Gasteiger partial charge in [-0.3, -0.25) is 4.79 Å². The molecule has 0 aliphatic heterocycles. The summed E-state index contributed by atoms with van der Waals surface area (Å²) in [4.78, 5) is 27.5. The normalized spacial score (nSPS) is 10.7. The molecule has 7 heteroatoms. The number of carbonyl (C=O) groups excluding carboxylic acids is 1. The maximum atomic E-state index is 11.7. The van der Waals surface area contributed by atoms with Gasteiger partial charge >= 0.3 is 0 Å². The third-order valence-electron chi connectivity index (χ3n) is 2.92. The van der Waals surface area contributed by atoms with Crippen LogP contribution in [0.5, 0.6) is 0 Å². The zero-order valence-electron chi connectivity index (χ0n) is 11.2. The van der Waals surface area contributed by atoms with E-state index in [4.69, 9.17) is 0 Å². The number of aromatic amines is 1. The van der Waals surface area contributed by atoms with E-state index < -0.39 is 0 Å². The summed E-state index contributed by atoms with van der Waals surface area (Å²) in [6.45, 7) is 3.60. The molecule has 3 rings (SSSR count). The second-order valence-corrected chi connectivity index (χ2v) is 5.23. The fourth-order valence-corrected chi connectivity index (χ4v) is 2.64. The molecule has 0 aliphatic rings. The molecule has 0 radical (unpaired) electrons. The average Bonchev–Trinajstić information content (AvgIpc) is 3.13. The third-order valence-corrected chi connectivity index (χ3v) is 3.68. The number of hydrogen-bond donors (Lipinski definition) is 2. The summed E-state index contributed by atoms with van der Waals surface area (Å²) in [6.07, 6.45) is 6.09. The van der Waals surface area contributed by atoms with E-state index in [0.29, 0.717) is 18.0 Å². The Morgan fingerprint density at radius 3 is 3.24 bits per heavy atom. The first-order valence-corrected chi connectivity index (χ1v) is 7.30. The Morgan fingerprint density at radius 1 is 1.48 bits per heavy atom. The van der Waals surface area contributed by atoms with E-state index >= 15 is 0 Å². The Morgan fingerprint density at radius 2 is 2.38 bits per heavy atom. The molecule has 0 fully saturated rings. The van der Waals surface area contributed by atoms with E-state index in [2.05, 4.69) is 31.8 Å². The summed E-state index contributed by atoms with van der Waals surface area (Å²) in [5.41, 5.74) is 2.25. The second-order valence-electron chi connectivity index (χ2n) is 4.38. The first kappa shape index (κ1) is 13.4. The summed E-state index contributed by atoms with van der Waals surface area (Å²) in [5, 5.41) is 6.13. The van der Waals surface area contributed by atoms with Gasteiger partial charge in [0.05, 0.1) is 0 Å². The smallest absolute Gasteiger partial charge is 0.226 e. The van der Waals surface area contributed by atoms with Gasteiger partial charge in [0.15, 0.2) is 5.13 Å². The van der Waals surface area contributed by atoms with Gasteiger partial charge in [0, 0.05) is 23.4 Å². The summed E-state index contributed by atoms with van der Waals surface area (Å²) in [7, 11) is 0. The van der Waals surface area contributed by atoms with E-state index in [0.717, 1.165) is 22.4 Å². The fraction of sp³-hybridized carbons (Fsp3) is 0.143. The standard InChI is InChI=1S/C14H13N5OS/c1-2-3-4-11(20)19-14-18-10(7-21-14)12-9-5-6-15-13(9)17-8-16-12/h2,5-8H,1,3-4H2,(H,15,16,17)(H,18,19,20). The van der Waals surface area contributed by atoms with Crippen LogP contribution in [0.25, 0.3) is 22.4 Å². The third kappa shape index (κ3) is 2.82. The predicted octanol–water partition coefficient (Wildman–Crippen LogP) is 2.99. The number of hydrogen-bond acceptors (Lipinski definition) is 5. The van der Waals surface area contributed by atoms with Crippen molar-refractivity contribution in [2.75, 3.05) is 5.32 Å². The van der Waals surface area contributed by atoms with Crippen LogP contribution in [0.3, 0.4) is 0 Å². The van der Waals surface area contributed by atoms with Crippen molar-refractivity contribution in [2.45, 2.75) is 12.8 Å². The van der Waals surface area contributed by atoms with Crippen LogP contribution in [0.15, 0.2) is 36.6 Å². The van der Waals surface area contributed by atoms with Gasteiger partial charge in [-0.05, 0) is 12.5 Å². The minimum absolute atomic E-state index is 0.0646. The molecule has 0 aromatic carbocycles. The van der Waals surface area contributed by atoms with E-state index in [1.807, 2.05) is 17.6 Å². The Bertz CT molecular complexity index is 791. The summed E-state index contributed by atoms with van der Waals surface area (Å²) in [6, 6.07) is 1.91. The van der Waals surface area contributed by atoms with Gasteiger partial charge in [0.25, 0.3) is 0 Å². The van der Waals surface area contributed by atoms with E-state index in [-0.39, 0.29) is 5.91 Å². The highest BCUT2D eigenvalue weighted by atomic mass is 32.1. The number of aromatic nitrogens is 4. The number of thiazole rings is 1. The van der Waals surface area contributed by atoms with Crippen LogP contribution in [0, 0.1) is 0 Å². The number of fused-ring (bicyclic) bond motifs is 1. The summed E-state index contributed by atoms with van der Waals surface area (Å²) in [5.74, 6) is -0.0646. The van der Waals surface area contributed by atoms with Crippen LogP contribution in [-0.4, -0.2) is 25.8 Å². The van der Waals surface area contributed by atoms with Crippen LogP contribution >= 0.6 is 11.3 Å². The highest BCUT2D eigenvalue weighted by Crippen LogP contribution is 2.28. The summed E-state index contributed by atoms with van der Waals surface area (Å²) < 4.78 is 0. The van der Waals surface area contributed by atoms with Crippen LogP contribution in [-0.2, 0) is 4.79 Å². The molecule has 0 atom stereocenters. The molecule has 6 nitrogen and oxygen atoms in total. The predicted molar refractivity (Wildman–Crippen MR) is 83.1 cm³/mol. The minimum Gasteiger partial charge on any atom is -0.346 e. The average molecular weight is 299 g/mol. The minimum atomic E-state index is -0.0646. The molecule has 106 valence electrons. The molecular formula is C14H13N5OS. The first-order chi connectivity index (χ1) is 10.3. The number of nitrogens with one attached hydrogen (secondary N) is 2. The van der Waals surface area contributed by atoms with Crippen LogP contribution in [0.1, 0.15) is 12.8 Å². The summed E-state index contributed by atoms with van der Waals surface area (Å²) >= 11 is 1.38. The van der Waals surface area contributed by atoms with Crippen LogP contribution in [0.2, 0.25) is 0 Å². The lowest BCUT2D eigenvalue weighted by Gasteiger charge is -1.99. The Labute approximate surface area is 125 Å². The molecule has 2 N–H and O–H groups in total. The maximum absolute atomic E-state index is 11.7. The highest BCUT2D eigenvalue weighted by molar-refractivity contribution is 7.14. The van der Waals surface area contributed by atoms with Crippen molar-refractivity contribution in [3.8, 4) is 11.4 Å². The van der Waals surface area contributed by atoms with Crippen molar-refractivity contribution in [1.82, 2.24) is 19.9 Å². The first-order valence-electron chi connectivity index (χ1n) is 6.42. The molecule has 1 amide bonds. The largest absolute Gasteiger partial charge is 0.346 e. The van der Waals surface area contributed by atoms with Gasteiger partial charge in [0.2, 0.25) is 5.91 Å². The van der Waals surface area contributed by atoms with Crippen molar-refractivity contribution >= 4 is 33.4 Å². The van der Waals surface area contributed by atoms with E-state index in [1.54, 1.807) is 6.08 Å². The van der Waals surface area contributed by atoms with Crippen molar-refractivity contribution in [2.24, 2.45) is 0 Å². The lowest BCUT2D eigenvalue weighted by molar-refractivity contribution is -0.116. The fourth-order valence-electron chi connectivity index (χ4n) is 1.93. The zero-order valence-corrected chi connectivity index (χ0v) is 12.0. The second kappa shape index (κ2) is 5.84. The molecule has 21 heavy (non-hydrogen) atoms. The number of allylic oxidation sites excluding steroid dienone is 1. The number of H-pyrrole nitrogens is 1. The van der Waals surface area contributed by atoms with Gasteiger partial charge < -0.3 is 10.3 Å². The Hall–Kier alpha value is -2.54. The lowest BCUT2D eigenvalue weighted by Crippen LogP contribution is -2.10. The van der Waals surface area contributed by atoms with Gasteiger partial charge in [0.1, 0.15) is 23.4 Å². The number of nitrogens with zero attached hydrogens (tertiary/aromatic N) is 3. The van der Waals surface area contributed by atoms with Gasteiger partial charge in [-0.25, -0.2) is 15.0 Å². The van der Waals surface area contributed by atoms with Crippen molar-refractivity contribution in [1.29, 1.82) is 0 Å². The van der Waals surface area contributed by atoms with Crippen molar-refractivity contribution in [3.63, 3.8) is 0 Å². The Kier molecular flexibility index (Phi) is 3.74. The molecule has 0 spiro atoms. The quantitative estimate of drug-likeness (QED) is 0.709. The number of amides is 1. The molecule has 0 aliphatic carbocycles. The van der Waals surface area contributed by atoms with Crippen LogP contribution in [0.4, 0.5) is 5.13 Å². The molecule has 3 aromatic heterocycles. The maximum Gasteiger partial charge on any atom is 0.226 e. The molecule has 3 aromatic rings. The highest BCUT2D eigenvalue weighted by Gasteiger charge is 2.12. The van der Waals surface area contributed by atoms with Gasteiger partial charge in [-0.15, -0.1) is 17.9 Å². The Balaban J connectivity index is 1.83. The molecular weight excluding hydrogens is 286 g/mol. The number of carbonyl (C=O) groups is 1. The molecule has 0 bridgehead atoms. The van der Waals surface area contributed by atoms with Crippen molar-refractivity contribution in [3.05, 3.63) is 36.6 Å². The van der Waals surface area contributed by atoms with Gasteiger partial charge in [-0.2, -0.15) is 0 Å². The lowest BCUT2D eigenvalue weighted by atomic mass is 10.2. The molecule has 0 saturated heterocycles. The van der Waals surface area contributed by atoms with Crippen LogP contribution < -0.4 is 5.32 Å².